The van der Waals surface area contributed by atoms with Gasteiger partial charge in [-0.2, -0.15) is 0 Å². The van der Waals surface area contributed by atoms with Gasteiger partial charge in [0.05, 0.1) is 0 Å². The first-order valence-electron chi connectivity index (χ1n) is 4.90. The molecule has 12 heavy (non-hydrogen) atoms. The molecule has 5 unspecified atom stereocenters. The molecule has 66 valence electrons. The Labute approximate surface area is 72.7 Å². The Morgan fingerprint density at radius 3 is 2.67 bits per heavy atom. The summed E-state index contributed by atoms with van der Waals surface area (Å²) in [6.45, 7) is 4.03. The van der Waals surface area contributed by atoms with E-state index in [1.165, 1.54) is 12.8 Å². The Morgan fingerprint density at radius 1 is 1.58 bits per heavy atom. The van der Waals surface area contributed by atoms with Crippen molar-refractivity contribution in [3.63, 3.8) is 0 Å². The molecule has 4 rings (SSSR count). The van der Waals surface area contributed by atoms with Crippen molar-refractivity contribution in [2.45, 2.75) is 32.7 Å². The van der Waals surface area contributed by atoms with Crippen LogP contribution >= 0.6 is 0 Å². The summed E-state index contributed by atoms with van der Waals surface area (Å²) < 4.78 is 0. The van der Waals surface area contributed by atoms with Crippen molar-refractivity contribution in [1.29, 1.82) is 0 Å². The van der Waals surface area contributed by atoms with Gasteiger partial charge >= 0.3 is 0 Å². The first kappa shape index (κ1) is 6.93. The molecule has 0 heterocycles. The van der Waals surface area contributed by atoms with Gasteiger partial charge in [-0.15, -0.1) is 0 Å². The van der Waals surface area contributed by atoms with E-state index in [1.54, 1.807) is 6.92 Å². The van der Waals surface area contributed by atoms with Crippen molar-refractivity contribution in [1.82, 2.24) is 5.32 Å². The van der Waals surface area contributed by atoms with Crippen molar-refractivity contribution in [2.75, 3.05) is 0 Å². The van der Waals surface area contributed by atoms with Crippen molar-refractivity contribution >= 4 is 5.91 Å². The van der Waals surface area contributed by atoms with Crippen molar-refractivity contribution in [3.8, 4) is 0 Å². The quantitative estimate of drug-likeness (QED) is 0.621. The van der Waals surface area contributed by atoms with Crippen LogP contribution < -0.4 is 5.32 Å². The largest absolute Gasteiger partial charge is 0.353 e. The Bertz CT molecular complexity index is 263. The monoisotopic (exact) mass is 165 g/mol. The number of rotatable bonds is 1. The first-order valence-corrected chi connectivity index (χ1v) is 4.90. The Hall–Kier alpha value is -0.530. The second-order valence-corrected chi connectivity index (χ2v) is 5.06. The summed E-state index contributed by atoms with van der Waals surface area (Å²) in [5, 5.41) is 3.11. The van der Waals surface area contributed by atoms with Crippen LogP contribution in [0.25, 0.3) is 0 Å². The minimum absolute atomic E-state index is 0.154. The SMILES string of the molecule is CC(=O)NC1C2CC3C1C3(C)C2. The molecular weight excluding hydrogens is 150 g/mol. The lowest BCUT2D eigenvalue weighted by atomic mass is 10.1. The standard InChI is InChI=1S/C10H15NO/c1-5(12)11-9-6-3-7-8(9)10(7,2)4-6/h6-9H,3-4H2,1-2H3,(H,11,12). The Kier molecular flexibility index (Phi) is 0.984. The predicted octanol–water partition coefficient (Wildman–Crippen LogP) is 1.17. The topological polar surface area (TPSA) is 29.1 Å². The molecule has 1 amide bonds. The van der Waals surface area contributed by atoms with Crippen LogP contribution in [0.3, 0.4) is 0 Å². The number of hydrogen-bond acceptors (Lipinski definition) is 1. The average molecular weight is 165 g/mol. The minimum Gasteiger partial charge on any atom is -0.353 e. The minimum atomic E-state index is 0.154. The second kappa shape index (κ2) is 1.70. The third-order valence-corrected chi connectivity index (χ3v) is 4.46. The molecule has 5 atom stereocenters. The molecule has 0 radical (unpaired) electrons. The van der Waals surface area contributed by atoms with Crippen molar-refractivity contribution < 1.29 is 4.79 Å². The molecule has 0 aromatic carbocycles. The van der Waals surface area contributed by atoms with Crippen LogP contribution in [0.4, 0.5) is 0 Å². The highest BCUT2D eigenvalue weighted by Gasteiger charge is 2.76. The Morgan fingerprint density at radius 2 is 2.33 bits per heavy atom. The molecule has 4 aliphatic carbocycles. The van der Waals surface area contributed by atoms with Gasteiger partial charge in [0.1, 0.15) is 0 Å². The number of amides is 1. The zero-order valence-electron chi connectivity index (χ0n) is 7.63. The lowest BCUT2D eigenvalue weighted by molar-refractivity contribution is -0.119. The highest BCUT2D eigenvalue weighted by Crippen LogP contribution is 2.78. The molecule has 1 N–H and O–H groups in total. The smallest absolute Gasteiger partial charge is 0.217 e. The maximum atomic E-state index is 10.9. The lowest BCUT2D eigenvalue weighted by Gasteiger charge is -2.14. The van der Waals surface area contributed by atoms with E-state index in [2.05, 4.69) is 12.2 Å². The van der Waals surface area contributed by atoms with E-state index in [9.17, 15) is 4.79 Å². The number of hydrogen-bond donors (Lipinski definition) is 1. The van der Waals surface area contributed by atoms with Gasteiger partial charge in [-0.05, 0) is 36.0 Å². The van der Waals surface area contributed by atoms with Gasteiger partial charge in [-0.1, -0.05) is 6.92 Å². The molecule has 4 bridgehead atoms. The van der Waals surface area contributed by atoms with Gasteiger partial charge in [0.15, 0.2) is 0 Å². The van der Waals surface area contributed by atoms with Crippen LogP contribution in [0.1, 0.15) is 26.7 Å². The van der Waals surface area contributed by atoms with Gasteiger partial charge in [-0.25, -0.2) is 0 Å². The average Bonchev–Trinajstić information content (AvgIpc) is 2.32. The summed E-state index contributed by atoms with van der Waals surface area (Å²) in [5.41, 5.74) is 0.637. The van der Waals surface area contributed by atoms with E-state index in [0.717, 1.165) is 17.8 Å². The maximum Gasteiger partial charge on any atom is 0.217 e. The summed E-state index contributed by atoms with van der Waals surface area (Å²) in [4.78, 5) is 10.9. The fourth-order valence-electron chi connectivity index (χ4n) is 4.05. The van der Waals surface area contributed by atoms with Crippen LogP contribution in [0.2, 0.25) is 0 Å². The number of nitrogens with one attached hydrogen (secondary N) is 1. The van der Waals surface area contributed by atoms with Crippen LogP contribution in [0.15, 0.2) is 0 Å². The van der Waals surface area contributed by atoms with E-state index < -0.39 is 0 Å². The highest BCUT2D eigenvalue weighted by molar-refractivity contribution is 5.73. The van der Waals surface area contributed by atoms with Gasteiger partial charge in [-0.3, -0.25) is 4.79 Å². The van der Waals surface area contributed by atoms with E-state index in [1.807, 2.05) is 0 Å². The summed E-state index contributed by atoms with van der Waals surface area (Å²) in [6.07, 6.45) is 2.75. The van der Waals surface area contributed by atoms with E-state index in [-0.39, 0.29) is 5.91 Å². The van der Waals surface area contributed by atoms with E-state index >= 15 is 0 Å². The maximum absolute atomic E-state index is 10.9. The fraction of sp³-hybridized carbons (Fsp3) is 0.900. The summed E-state index contributed by atoms with van der Waals surface area (Å²) in [5.74, 6) is 2.77. The molecular formula is C10H15NO. The van der Waals surface area contributed by atoms with Crippen molar-refractivity contribution in [3.05, 3.63) is 0 Å². The summed E-state index contributed by atoms with van der Waals surface area (Å²) >= 11 is 0. The molecule has 0 aliphatic heterocycles. The fourth-order valence-corrected chi connectivity index (χ4v) is 4.05. The lowest BCUT2D eigenvalue weighted by Crippen LogP contribution is -2.35. The number of carbonyl (C=O) groups excluding carboxylic acids is 1. The molecule has 2 heteroatoms. The van der Waals surface area contributed by atoms with Crippen LogP contribution in [0.5, 0.6) is 0 Å². The zero-order chi connectivity index (χ0) is 8.51. The molecule has 2 nitrogen and oxygen atoms in total. The molecule has 4 saturated carbocycles. The molecule has 4 fully saturated rings. The highest BCUT2D eigenvalue weighted by atomic mass is 16.1. The molecule has 4 aliphatic rings. The van der Waals surface area contributed by atoms with Crippen LogP contribution in [-0.2, 0) is 4.79 Å². The third kappa shape index (κ3) is 0.572. The third-order valence-electron chi connectivity index (χ3n) is 4.46. The number of carbonyl (C=O) groups is 1. The Balaban J connectivity index is 1.81. The molecule has 0 aromatic rings. The van der Waals surface area contributed by atoms with Gasteiger partial charge < -0.3 is 5.32 Å². The van der Waals surface area contributed by atoms with Crippen molar-refractivity contribution in [2.24, 2.45) is 23.2 Å². The molecule has 0 spiro atoms. The van der Waals surface area contributed by atoms with Gasteiger partial charge in [0.25, 0.3) is 0 Å². The first-order chi connectivity index (χ1) is 5.63. The summed E-state index contributed by atoms with van der Waals surface area (Å²) in [6, 6.07) is 0.539. The molecule has 0 saturated heterocycles. The van der Waals surface area contributed by atoms with E-state index in [0.29, 0.717) is 11.5 Å². The molecule has 0 aromatic heterocycles. The van der Waals surface area contributed by atoms with Crippen LogP contribution in [0, 0.1) is 23.2 Å². The predicted molar refractivity (Wildman–Crippen MR) is 45.4 cm³/mol. The summed E-state index contributed by atoms with van der Waals surface area (Å²) in [7, 11) is 0. The zero-order valence-corrected chi connectivity index (χ0v) is 7.63. The van der Waals surface area contributed by atoms with Gasteiger partial charge in [0, 0.05) is 13.0 Å². The van der Waals surface area contributed by atoms with Crippen LogP contribution in [-0.4, -0.2) is 11.9 Å². The normalized spacial score (nSPS) is 58.8. The van der Waals surface area contributed by atoms with Gasteiger partial charge in [0.2, 0.25) is 5.91 Å². The van der Waals surface area contributed by atoms with E-state index in [4.69, 9.17) is 0 Å². The second-order valence-electron chi connectivity index (χ2n) is 5.06.